The van der Waals surface area contributed by atoms with E-state index in [1.54, 1.807) is 7.11 Å². The third-order valence-corrected chi connectivity index (χ3v) is 6.78. The Labute approximate surface area is 213 Å². The van der Waals surface area contributed by atoms with Gasteiger partial charge in [-0.2, -0.15) is 0 Å². The molecule has 4 rings (SSSR count). The SMILES string of the molecule is COc1cccc(-c2cc([C@H](CC(=O)O)N(Cc3ccccc3)[C@H](C)c3ccccc3)ccc2C)c1. The highest BCUT2D eigenvalue weighted by molar-refractivity contribution is 5.71. The van der Waals surface area contributed by atoms with Crippen molar-refractivity contribution >= 4 is 5.97 Å². The van der Waals surface area contributed by atoms with E-state index in [2.05, 4.69) is 67.3 Å². The second kappa shape index (κ2) is 11.7. The molecule has 0 saturated heterocycles. The highest BCUT2D eigenvalue weighted by Gasteiger charge is 2.29. The van der Waals surface area contributed by atoms with E-state index < -0.39 is 5.97 Å². The van der Waals surface area contributed by atoms with Crippen molar-refractivity contribution in [2.24, 2.45) is 0 Å². The number of ether oxygens (including phenoxy) is 1. The molecule has 0 bridgehead atoms. The minimum absolute atomic E-state index is 0.00458. The molecule has 4 nitrogen and oxygen atoms in total. The molecule has 4 aromatic rings. The molecule has 4 heteroatoms. The third-order valence-electron chi connectivity index (χ3n) is 6.78. The van der Waals surface area contributed by atoms with Gasteiger partial charge in [-0.25, -0.2) is 0 Å². The van der Waals surface area contributed by atoms with Crippen LogP contribution in [-0.2, 0) is 11.3 Å². The van der Waals surface area contributed by atoms with Gasteiger partial charge < -0.3 is 9.84 Å². The first kappa shape index (κ1) is 25.2. The molecule has 0 amide bonds. The number of hydrogen-bond donors (Lipinski definition) is 1. The van der Waals surface area contributed by atoms with Crippen molar-refractivity contribution < 1.29 is 14.6 Å². The zero-order chi connectivity index (χ0) is 25.5. The van der Waals surface area contributed by atoms with E-state index >= 15 is 0 Å². The number of aryl methyl sites for hydroxylation is 1. The molecular weight excluding hydrogens is 446 g/mol. The molecule has 0 aliphatic heterocycles. The highest BCUT2D eigenvalue weighted by Crippen LogP contribution is 2.37. The van der Waals surface area contributed by atoms with Crippen molar-refractivity contribution in [2.45, 2.75) is 38.9 Å². The van der Waals surface area contributed by atoms with Crippen LogP contribution in [0.2, 0.25) is 0 Å². The van der Waals surface area contributed by atoms with Crippen LogP contribution in [0, 0.1) is 6.92 Å². The van der Waals surface area contributed by atoms with Gasteiger partial charge in [-0.15, -0.1) is 0 Å². The summed E-state index contributed by atoms with van der Waals surface area (Å²) in [7, 11) is 1.66. The number of carbonyl (C=O) groups is 1. The lowest BCUT2D eigenvalue weighted by Gasteiger charge is -2.37. The molecule has 184 valence electrons. The van der Waals surface area contributed by atoms with Crippen LogP contribution in [0.15, 0.2) is 103 Å². The van der Waals surface area contributed by atoms with Crippen molar-refractivity contribution in [3.8, 4) is 16.9 Å². The van der Waals surface area contributed by atoms with Gasteiger partial charge in [0.05, 0.1) is 13.5 Å². The summed E-state index contributed by atoms with van der Waals surface area (Å²) < 4.78 is 5.45. The second-order valence-corrected chi connectivity index (χ2v) is 9.16. The number of carboxylic acid groups (broad SMARTS) is 1. The van der Waals surface area contributed by atoms with E-state index in [1.807, 2.05) is 54.6 Å². The second-order valence-electron chi connectivity index (χ2n) is 9.16. The van der Waals surface area contributed by atoms with Crippen LogP contribution in [0.5, 0.6) is 5.75 Å². The maximum absolute atomic E-state index is 12.2. The normalized spacial score (nSPS) is 12.8. The molecule has 0 heterocycles. The highest BCUT2D eigenvalue weighted by atomic mass is 16.5. The molecule has 0 saturated carbocycles. The van der Waals surface area contributed by atoms with E-state index in [1.165, 1.54) is 0 Å². The molecular formula is C32H33NO3. The van der Waals surface area contributed by atoms with Gasteiger partial charge in [-0.3, -0.25) is 9.69 Å². The lowest BCUT2D eigenvalue weighted by molar-refractivity contribution is -0.138. The summed E-state index contributed by atoms with van der Waals surface area (Å²) in [5, 5.41) is 9.98. The van der Waals surface area contributed by atoms with Gasteiger partial charge in [-0.1, -0.05) is 84.9 Å². The van der Waals surface area contributed by atoms with Gasteiger partial charge in [0.25, 0.3) is 0 Å². The topological polar surface area (TPSA) is 49.8 Å². The van der Waals surface area contributed by atoms with Crippen LogP contribution in [0.1, 0.15) is 47.7 Å². The molecule has 0 unspecified atom stereocenters. The summed E-state index contributed by atoms with van der Waals surface area (Å²) in [4.78, 5) is 14.5. The van der Waals surface area contributed by atoms with Gasteiger partial charge in [0.2, 0.25) is 0 Å². The number of rotatable bonds is 10. The first-order valence-corrected chi connectivity index (χ1v) is 12.3. The van der Waals surface area contributed by atoms with Crippen molar-refractivity contribution in [2.75, 3.05) is 7.11 Å². The molecule has 2 atom stereocenters. The molecule has 36 heavy (non-hydrogen) atoms. The quantitative estimate of drug-likeness (QED) is 0.257. The van der Waals surface area contributed by atoms with E-state index in [-0.39, 0.29) is 18.5 Å². The average Bonchev–Trinajstić information content (AvgIpc) is 2.91. The van der Waals surface area contributed by atoms with Gasteiger partial charge in [0.15, 0.2) is 0 Å². The first-order chi connectivity index (χ1) is 17.5. The Morgan fingerprint density at radius 3 is 2.22 bits per heavy atom. The number of nitrogens with zero attached hydrogens (tertiary/aromatic N) is 1. The Kier molecular flexibility index (Phi) is 8.19. The lowest BCUT2D eigenvalue weighted by Crippen LogP contribution is -2.32. The fraction of sp³-hybridized carbons (Fsp3) is 0.219. The van der Waals surface area contributed by atoms with Crippen LogP contribution >= 0.6 is 0 Å². The Balaban J connectivity index is 1.81. The fourth-order valence-electron chi connectivity index (χ4n) is 4.77. The summed E-state index contributed by atoms with van der Waals surface area (Å²) >= 11 is 0. The summed E-state index contributed by atoms with van der Waals surface area (Å²) in [6.45, 7) is 4.88. The van der Waals surface area contributed by atoms with E-state index in [9.17, 15) is 9.90 Å². The zero-order valence-electron chi connectivity index (χ0n) is 21.1. The molecule has 1 N–H and O–H groups in total. The molecule has 4 aromatic carbocycles. The fourth-order valence-corrected chi connectivity index (χ4v) is 4.77. The summed E-state index contributed by atoms with van der Waals surface area (Å²) in [5.74, 6) is -0.0235. The van der Waals surface area contributed by atoms with Gasteiger partial charge in [-0.05, 0) is 65.4 Å². The average molecular weight is 480 g/mol. The van der Waals surface area contributed by atoms with Crippen LogP contribution in [0.25, 0.3) is 11.1 Å². The van der Waals surface area contributed by atoms with Gasteiger partial charge in [0.1, 0.15) is 5.75 Å². The predicted octanol–water partition coefficient (Wildman–Crippen LogP) is 7.45. The molecule has 0 spiro atoms. The maximum atomic E-state index is 12.2. The third kappa shape index (κ3) is 6.02. The Morgan fingerprint density at radius 2 is 1.56 bits per heavy atom. The Bertz CT molecular complexity index is 1290. The molecule has 0 aliphatic rings. The number of benzene rings is 4. The predicted molar refractivity (Wildman–Crippen MR) is 145 cm³/mol. The van der Waals surface area contributed by atoms with Crippen LogP contribution in [0.4, 0.5) is 0 Å². The van der Waals surface area contributed by atoms with Crippen molar-refractivity contribution in [3.63, 3.8) is 0 Å². The summed E-state index contributed by atoms with van der Waals surface area (Å²) in [6.07, 6.45) is 0.00458. The van der Waals surface area contributed by atoms with Crippen LogP contribution in [0.3, 0.4) is 0 Å². The standard InChI is InChI=1S/C32H33NO3/c1-23-17-18-28(20-30(23)27-15-10-16-29(19-27)36-3)31(21-32(34)35)33(22-25-11-6-4-7-12-25)24(2)26-13-8-5-9-14-26/h4-20,24,31H,21-22H2,1-3H3,(H,34,35)/t24-,31+/m1/s1. The largest absolute Gasteiger partial charge is 0.497 e. The van der Waals surface area contributed by atoms with Crippen LogP contribution in [-0.4, -0.2) is 23.1 Å². The van der Waals surface area contributed by atoms with E-state index in [0.29, 0.717) is 6.54 Å². The minimum Gasteiger partial charge on any atom is -0.497 e. The van der Waals surface area contributed by atoms with E-state index in [4.69, 9.17) is 4.74 Å². The summed E-state index contributed by atoms with van der Waals surface area (Å²) in [6, 6.07) is 34.5. The Morgan fingerprint density at radius 1 is 0.861 bits per heavy atom. The smallest absolute Gasteiger partial charge is 0.305 e. The van der Waals surface area contributed by atoms with Crippen LogP contribution < -0.4 is 4.74 Å². The summed E-state index contributed by atoms with van der Waals surface area (Å²) in [5.41, 5.74) is 6.55. The van der Waals surface area contributed by atoms with Crippen molar-refractivity contribution in [3.05, 3.63) is 125 Å². The van der Waals surface area contributed by atoms with Crippen molar-refractivity contribution in [1.82, 2.24) is 4.90 Å². The first-order valence-electron chi connectivity index (χ1n) is 12.3. The molecule has 0 radical (unpaired) electrons. The molecule has 0 aromatic heterocycles. The van der Waals surface area contributed by atoms with Crippen molar-refractivity contribution in [1.29, 1.82) is 0 Å². The Hall–Kier alpha value is -3.89. The van der Waals surface area contributed by atoms with Gasteiger partial charge >= 0.3 is 5.97 Å². The number of aliphatic carboxylic acids is 1. The number of carboxylic acids is 1. The molecule has 0 aliphatic carbocycles. The number of methoxy groups -OCH3 is 1. The lowest BCUT2D eigenvalue weighted by atomic mass is 9.92. The van der Waals surface area contributed by atoms with E-state index in [0.717, 1.165) is 39.1 Å². The zero-order valence-corrected chi connectivity index (χ0v) is 21.1. The minimum atomic E-state index is -0.818. The maximum Gasteiger partial charge on any atom is 0.305 e. The monoisotopic (exact) mass is 479 g/mol. The molecule has 0 fully saturated rings. The van der Waals surface area contributed by atoms with Gasteiger partial charge in [0, 0.05) is 18.6 Å². The number of hydrogen-bond acceptors (Lipinski definition) is 3.